The van der Waals surface area contributed by atoms with Crippen LogP contribution >= 0.6 is 11.5 Å². The average Bonchev–Trinajstić information content (AvgIpc) is 3.56. The molecule has 178 valence electrons. The van der Waals surface area contributed by atoms with Gasteiger partial charge in [-0.2, -0.15) is 4.37 Å². The standard InChI is InChI=1S/C24H24FN3O5S/c25-20-14-17(13-18(15-30)22(20)33-21(31)7-11-32-12-10-29)24-26-23(27-34-24)16-3-5-19(6-4-16)28-8-1-2-9-28/h3-6,13-15,29H,1-2,7-12H2. The Hall–Kier alpha value is -3.21. The van der Waals surface area contributed by atoms with Crippen LogP contribution in [0, 0.1) is 5.82 Å². The van der Waals surface area contributed by atoms with E-state index in [0.717, 1.165) is 30.2 Å². The number of hydrogen-bond acceptors (Lipinski definition) is 9. The summed E-state index contributed by atoms with van der Waals surface area (Å²) in [6.07, 6.45) is 2.69. The van der Waals surface area contributed by atoms with Gasteiger partial charge in [0.05, 0.1) is 31.8 Å². The van der Waals surface area contributed by atoms with Crippen LogP contribution in [-0.4, -0.2) is 59.6 Å². The lowest BCUT2D eigenvalue weighted by Crippen LogP contribution is -2.17. The SMILES string of the molecule is O=Cc1cc(-c2nc(-c3ccc(N4CCCC4)cc3)ns2)cc(F)c1OC(=O)CCOCCO. The van der Waals surface area contributed by atoms with Gasteiger partial charge in [0.25, 0.3) is 0 Å². The van der Waals surface area contributed by atoms with Crippen molar-refractivity contribution in [3.05, 3.63) is 47.8 Å². The first-order chi connectivity index (χ1) is 16.6. The van der Waals surface area contributed by atoms with Crippen LogP contribution in [0.25, 0.3) is 22.0 Å². The van der Waals surface area contributed by atoms with Crippen LogP contribution in [0.1, 0.15) is 29.6 Å². The number of aliphatic hydroxyl groups excluding tert-OH is 1. The summed E-state index contributed by atoms with van der Waals surface area (Å²) in [6.45, 7) is 2.06. The third-order valence-electron chi connectivity index (χ3n) is 5.37. The van der Waals surface area contributed by atoms with Crippen LogP contribution in [-0.2, 0) is 9.53 Å². The molecule has 1 saturated heterocycles. The molecule has 2 heterocycles. The molecule has 0 bridgehead atoms. The Morgan fingerprint density at radius 2 is 1.91 bits per heavy atom. The summed E-state index contributed by atoms with van der Waals surface area (Å²) in [5.41, 5.74) is 2.27. The molecular weight excluding hydrogens is 461 g/mol. The normalized spacial score (nSPS) is 13.3. The zero-order valence-corrected chi connectivity index (χ0v) is 19.2. The molecule has 0 spiro atoms. The average molecular weight is 486 g/mol. The number of benzene rings is 2. The van der Waals surface area contributed by atoms with E-state index in [1.54, 1.807) is 0 Å². The second-order valence-electron chi connectivity index (χ2n) is 7.72. The van der Waals surface area contributed by atoms with Crippen LogP contribution in [0.3, 0.4) is 0 Å². The van der Waals surface area contributed by atoms with E-state index < -0.39 is 17.5 Å². The maximum absolute atomic E-state index is 14.8. The Morgan fingerprint density at radius 1 is 1.15 bits per heavy atom. The summed E-state index contributed by atoms with van der Waals surface area (Å²) in [5.74, 6) is -1.52. The number of nitrogens with zero attached hydrogens (tertiary/aromatic N) is 3. The molecular formula is C24H24FN3O5S. The van der Waals surface area contributed by atoms with Crippen LogP contribution in [0.15, 0.2) is 36.4 Å². The van der Waals surface area contributed by atoms with Crippen molar-refractivity contribution in [2.45, 2.75) is 19.3 Å². The minimum Gasteiger partial charge on any atom is -0.423 e. The quantitative estimate of drug-likeness (QED) is 0.201. The Labute approximate surface area is 200 Å². The lowest BCUT2D eigenvalue weighted by Gasteiger charge is -2.17. The molecule has 0 unspecified atom stereocenters. The fourth-order valence-corrected chi connectivity index (χ4v) is 4.34. The van der Waals surface area contributed by atoms with E-state index in [1.165, 1.54) is 30.7 Å². The van der Waals surface area contributed by atoms with E-state index >= 15 is 0 Å². The van der Waals surface area contributed by atoms with Crippen LogP contribution in [0.2, 0.25) is 0 Å². The van der Waals surface area contributed by atoms with Gasteiger partial charge in [-0.3, -0.25) is 9.59 Å². The number of aliphatic hydroxyl groups is 1. The molecule has 0 atom stereocenters. The molecule has 8 nitrogen and oxygen atoms in total. The molecule has 34 heavy (non-hydrogen) atoms. The molecule has 1 aliphatic heterocycles. The third-order valence-corrected chi connectivity index (χ3v) is 6.14. The van der Waals surface area contributed by atoms with E-state index in [1.807, 2.05) is 24.3 Å². The van der Waals surface area contributed by atoms with E-state index in [4.69, 9.17) is 14.6 Å². The van der Waals surface area contributed by atoms with Gasteiger partial charge in [-0.15, -0.1) is 0 Å². The number of carbonyl (C=O) groups is 2. The maximum atomic E-state index is 14.8. The Morgan fingerprint density at radius 3 is 2.62 bits per heavy atom. The van der Waals surface area contributed by atoms with Gasteiger partial charge < -0.3 is 19.5 Å². The minimum absolute atomic E-state index is 0.0160. The third kappa shape index (κ3) is 5.64. The lowest BCUT2D eigenvalue weighted by atomic mass is 10.1. The molecule has 1 fully saturated rings. The van der Waals surface area contributed by atoms with Gasteiger partial charge in [0, 0.05) is 29.9 Å². The van der Waals surface area contributed by atoms with Gasteiger partial charge in [-0.1, -0.05) is 0 Å². The molecule has 3 aromatic rings. The predicted molar refractivity (Wildman–Crippen MR) is 126 cm³/mol. The van der Waals surface area contributed by atoms with E-state index in [0.29, 0.717) is 22.7 Å². The zero-order valence-electron chi connectivity index (χ0n) is 18.4. The second-order valence-corrected chi connectivity index (χ2v) is 8.47. The number of halogens is 1. The highest BCUT2D eigenvalue weighted by molar-refractivity contribution is 7.09. The summed E-state index contributed by atoms with van der Waals surface area (Å²) in [5, 5.41) is 9.11. The first kappa shape index (κ1) is 23.9. The van der Waals surface area contributed by atoms with Crippen molar-refractivity contribution in [1.82, 2.24) is 9.36 Å². The predicted octanol–water partition coefficient (Wildman–Crippen LogP) is 3.73. The molecule has 0 aliphatic carbocycles. The topological polar surface area (TPSA) is 102 Å². The fourth-order valence-electron chi connectivity index (χ4n) is 3.68. The fraction of sp³-hybridized carbons (Fsp3) is 0.333. The number of rotatable bonds is 10. The van der Waals surface area contributed by atoms with Gasteiger partial charge in [-0.25, -0.2) is 9.37 Å². The van der Waals surface area contributed by atoms with E-state index in [2.05, 4.69) is 14.3 Å². The molecule has 1 aliphatic rings. The highest BCUT2D eigenvalue weighted by Gasteiger charge is 2.19. The smallest absolute Gasteiger partial charge is 0.313 e. The molecule has 1 N–H and O–H groups in total. The zero-order chi connectivity index (χ0) is 23.9. The van der Waals surface area contributed by atoms with Crippen LogP contribution in [0.4, 0.5) is 10.1 Å². The van der Waals surface area contributed by atoms with Gasteiger partial charge in [0.1, 0.15) is 5.01 Å². The van der Waals surface area contributed by atoms with Crippen LogP contribution < -0.4 is 9.64 Å². The van der Waals surface area contributed by atoms with Gasteiger partial charge in [0.15, 0.2) is 23.7 Å². The highest BCUT2D eigenvalue weighted by Crippen LogP contribution is 2.32. The monoisotopic (exact) mass is 485 g/mol. The number of hydrogen-bond donors (Lipinski definition) is 1. The summed E-state index contributed by atoms with van der Waals surface area (Å²) < 4.78 is 29.2. The molecule has 10 heteroatoms. The summed E-state index contributed by atoms with van der Waals surface area (Å²) >= 11 is 1.09. The summed E-state index contributed by atoms with van der Waals surface area (Å²) in [4.78, 5) is 30.4. The first-order valence-electron chi connectivity index (χ1n) is 11.0. The van der Waals surface area contributed by atoms with E-state index in [9.17, 15) is 14.0 Å². The van der Waals surface area contributed by atoms with Crippen molar-refractivity contribution in [3.63, 3.8) is 0 Å². The summed E-state index contributed by atoms with van der Waals surface area (Å²) in [6, 6.07) is 10.6. The number of esters is 1. The van der Waals surface area contributed by atoms with Crippen molar-refractivity contribution < 1.29 is 28.6 Å². The highest BCUT2D eigenvalue weighted by atomic mass is 32.1. The van der Waals surface area contributed by atoms with Crippen molar-refractivity contribution in [2.75, 3.05) is 37.8 Å². The Balaban J connectivity index is 1.49. The Kier molecular flexibility index (Phi) is 7.94. The number of carbonyl (C=O) groups excluding carboxylic acids is 2. The van der Waals surface area contributed by atoms with Crippen molar-refractivity contribution >= 4 is 29.5 Å². The second kappa shape index (κ2) is 11.3. The van der Waals surface area contributed by atoms with Crippen LogP contribution in [0.5, 0.6) is 5.75 Å². The molecule has 1 aromatic heterocycles. The number of anilines is 1. The summed E-state index contributed by atoms with van der Waals surface area (Å²) in [7, 11) is 0. The molecule has 2 aromatic carbocycles. The molecule has 4 rings (SSSR count). The Bertz CT molecular complexity index is 1150. The maximum Gasteiger partial charge on any atom is 0.313 e. The van der Waals surface area contributed by atoms with Crippen molar-refractivity contribution in [1.29, 1.82) is 0 Å². The van der Waals surface area contributed by atoms with Gasteiger partial charge in [-0.05, 0) is 60.8 Å². The molecule has 0 saturated carbocycles. The largest absolute Gasteiger partial charge is 0.423 e. The van der Waals surface area contributed by atoms with Gasteiger partial charge >= 0.3 is 5.97 Å². The minimum atomic E-state index is -0.851. The van der Waals surface area contributed by atoms with Crippen molar-refractivity contribution in [3.8, 4) is 27.7 Å². The molecule has 0 radical (unpaired) electrons. The van der Waals surface area contributed by atoms with E-state index in [-0.39, 0.29) is 31.8 Å². The number of aldehydes is 1. The number of ether oxygens (including phenoxy) is 2. The number of aromatic nitrogens is 2. The van der Waals surface area contributed by atoms with Gasteiger partial charge in [0.2, 0.25) is 0 Å². The van der Waals surface area contributed by atoms with Crippen molar-refractivity contribution in [2.24, 2.45) is 0 Å². The first-order valence-corrected chi connectivity index (χ1v) is 11.7. The lowest BCUT2D eigenvalue weighted by molar-refractivity contribution is -0.135. The molecule has 0 amide bonds.